The van der Waals surface area contributed by atoms with Gasteiger partial charge in [0.2, 0.25) is 0 Å². The van der Waals surface area contributed by atoms with Crippen LogP contribution in [-0.2, 0) is 0 Å². The maximum atomic E-state index is 8.87. The third-order valence-corrected chi connectivity index (χ3v) is 3.35. The minimum absolute atomic E-state index is 0.0928. The summed E-state index contributed by atoms with van der Waals surface area (Å²) >= 11 is 1.70. The van der Waals surface area contributed by atoms with Gasteiger partial charge >= 0.3 is 0 Å². The van der Waals surface area contributed by atoms with Crippen molar-refractivity contribution in [2.45, 2.75) is 11.8 Å². The SMILES string of the molecule is CC(CO)CSc1ccc(C(=N)N)cc1. The van der Waals surface area contributed by atoms with E-state index in [1.54, 1.807) is 11.8 Å². The first-order chi connectivity index (χ1) is 7.13. The number of thioether (sulfide) groups is 1. The largest absolute Gasteiger partial charge is 0.396 e. The molecule has 0 fully saturated rings. The first kappa shape index (κ1) is 12.1. The highest BCUT2D eigenvalue weighted by molar-refractivity contribution is 7.99. The van der Waals surface area contributed by atoms with Crippen LogP contribution in [-0.4, -0.2) is 23.3 Å². The smallest absolute Gasteiger partial charge is 0.122 e. The van der Waals surface area contributed by atoms with Crippen LogP contribution in [0, 0.1) is 11.3 Å². The molecule has 0 aliphatic carbocycles. The summed E-state index contributed by atoms with van der Waals surface area (Å²) in [4.78, 5) is 1.14. The van der Waals surface area contributed by atoms with Gasteiger partial charge in [-0.2, -0.15) is 0 Å². The molecule has 4 N–H and O–H groups in total. The average molecular weight is 224 g/mol. The molecule has 1 aromatic carbocycles. The van der Waals surface area contributed by atoms with Crippen molar-refractivity contribution in [3.8, 4) is 0 Å². The van der Waals surface area contributed by atoms with Crippen LogP contribution < -0.4 is 5.73 Å². The molecule has 1 unspecified atom stereocenters. The van der Waals surface area contributed by atoms with E-state index in [4.69, 9.17) is 16.2 Å². The van der Waals surface area contributed by atoms with Crippen molar-refractivity contribution in [2.24, 2.45) is 11.7 Å². The Morgan fingerprint density at radius 1 is 1.47 bits per heavy atom. The van der Waals surface area contributed by atoms with Gasteiger partial charge in [0.15, 0.2) is 0 Å². The molecule has 4 heteroatoms. The summed E-state index contributed by atoms with van der Waals surface area (Å²) in [7, 11) is 0. The third kappa shape index (κ3) is 3.93. The fraction of sp³-hybridized carbons (Fsp3) is 0.364. The van der Waals surface area contributed by atoms with Crippen molar-refractivity contribution in [1.82, 2.24) is 0 Å². The molecular weight excluding hydrogens is 208 g/mol. The fourth-order valence-electron chi connectivity index (χ4n) is 1.02. The summed E-state index contributed by atoms with van der Waals surface area (Å²) in [5, 5.41) is 16.1. The van der Waals surface area contributed by atoms with E-state index < -0.39 is 0 Å². The number of aliphatic hydroxyl groups is 1. The molecular formula is C11H16N2OS. The zero-order chi connectivity index (χ0) is 11.3. The van der Waals surface area contributed by atoms with E-state index in [1.807, 2.05) is 31.2 Å². The Hall–Kier alpha value is -1.00. The zero-order valence-electron chi connectivity index (χ0n) is 8.73. The van der Waals surface area contributed by atoms with Gasteiger partial charge in [0, 0.05) is 22.8 Å². The molecule has 15 heavy (non-hydrogen) atoms. The molecule has 0 aliphatic rings. The van der Waals surface area contributed by atoms with Gasteiger partial charge in [-0.25, -0.2) is 0 Å². The predicted octanol–water partition coefficient (Wildman–Crippen LogP) is 1.69. The number of nitrogens with one attached hydrogen (secondary N) is 1. The van der Waals surface area contributed by atoms with Crippen LogP contribution in [0.5, 0.6) is 0 Å². The minimum atomic E-state index is 0.0928. The fourth-order valence-corrected chi connectivity index (χ4v) is 1.93. The van der Waals surface area contributed by atoms with Gasteiger partial charge in [0.05, 0.1) is 0 Å². The quantitative estimate of drug-likeness (QED) is 0.405. The highest BCUT2D eigenvalue weighted by Crippen LogP contribution is 2.20. The Bertz CT molecular complexity index is 324. The molecule has 1 aromatic rings. The van der Waals surface area contributed by atoms with Crippen molar-refractivity contribution < 1.29 is 5.11 Å². The van der Waals surface area contributed by atoms with Crippen molar-refractivity contribution >= 4 is 17.6 Å². The lowest BCUT2D eigenvalue weighted by Gasteiger charge is -2.07. The summed E-state index contributed by atoms with van der Waals surface area (Å²) in [5.41, 5.74) is 6.10. The molecule has 82 valence electrons. The van der Waals surface area contributed by atoms with E-state index in [0.29, 0.717) is 5.92 Å². The molecule has 0 aliphatic heterocycles. The second-order valence-corrected chi connectivity index (χ2v) is 4.63. The van der Waals surface area contributed by atoms with Crippen LogP contribution in [0.3, 0.4) is 0 Å². The van der Waals surface area contributed by atoms with E-state index in [1.165, 1.54) is 0 Å². The van der Waals surface area contributed by atoms with E-state index in [0.717, 1.165) is 16.2 Å². The van der Waals surface area contributed by atoms with Crippen LogP contribution in [0.4, 0.5) is 0 Å². The Labute approximate surface area is 94.2 Å². The number of amidine groups is 1. The van der Waals surface area contributed by atoms with Gasteiger partial charge in [-0.3, -0.25) is 5.41 Å². The van der Waals surface area contributed by atoms with Crippen molar-refractivity contribution in [1.29, 1.82) is 5.41 Å². The average Bonchev–Trinajstić information content (AvgIpc) is 2.26. The minimum Gasteiger partial charge on any atom is -0.396 e. The lowest BCUT2D eigenvalue weighted by molar-refractivity contribution is 0.250. The lowest BCUT2D eigenvalue weighted by Crippen LogP contribution is -2.10. The van der Waals surface area contributed by atoms with E-state index in [9.17, 15) is 0 Å². The van der Waals surface area contributed by atoms with Gasteiger partial charge in [-0.15, -0.1) is 11.8 Å². The van der Waals surface area contributed by atoms with E-state index in [2.05, 4.69) is 0 Å². The summed E-state index contributed by atoms with van der Waals surface area (Å²) in [5.74, 6) is 1.30. The Morgan fingerprint density at radius 3 is 2.53 bits per heavy atom. The van der Waals surface area contributed by atoms with Crippen LogP contribution in [0.15, 0.2) is 29.2 Å². The standard InChI is InChI=1S/C11H16N2OS/c1-8(6-14)7-15-10-4-2-9(3-5-10)11(12)13/h2-5,8,14H,6-7H2,1H3,(H3,12,13). The van der Waals surface area contributed by atoms with E-state index in [-0.39, 0.29) is 12.4 Å². The molecule has 0 saturated carbocycles. The molecule has 0 spiro atoms. The summed E-state index contributed by atoms with van der Waals surface area (Å²) in [6.45, 7) is 2.23. The molecule has 0 amide bonds. The molecule has 1 atom stereocenters. The molecule has 0 aromatic heterocycles. The molecule has 0 saturated heterocycles. The predicted molar refractivity (Wildman–Crippen MR) is 64.4 cm³/mol. The maximum absolute atomic E-state index is 8.87. The number of rotatable bonds is 5. The molecule has 1 rings (SSSR count). The van der Waals surface area contributed by atoms with Gasteiger partial charge in [0.1, 0.15) is 5.84 Å². The number of aliphatic hydroxyl groups excluding tert-OH is 1. The van der Waals surface area contributed by atoms with Crippen molar-refractivity contribution in [3.63, 3.8) is 0 Å². The molecule has 0 radical (unpaired) electrons. The van der Waals surface area contributed by atoms with Crippen molar-refractivity contribution in [2.75, 3.05) is 12.4 Å². The third-order valence-electron chi connectivity index (χ3n) is 2.01. The first-order valence-corrected chi connectivity index (χ1v) is 5.80. The maximum Gasteiger partial charge on any atom is 0.122 e. The van der Waals surface area contributed by atoms with Crippen LogP contribution >= 0.6 is 11.8 Å². The summed E-state index contributed by atoms with van der Waals surface area (Å²) in [6.07, 6.45) is 0. The Balaban J connectivity index is 2.53. The van der Waals surface area contributed by atoms with E-state index >= 15 is 0 Å². The number of nitrogen functional groups attached to an aromatic ring is 1. The van der Waals surface area contributed by atoms with Crippen LogP contribution in [0.25, 0.3) is 0 Å². The van der Waals surface area contributed by atoms with Gasteiger partial charge in [-0.1, -0.05) is 19.1 Å². The molecule has 3 nitrogen and oxygen atoms in total. The lowest BCUT2D eigenvalue weighted by atomic mass is 10.2. The number of nitrogens with two attached hydrogens (primary N) is 1. The second kappa shape index (κ2) is 5.78. The highest BCUT2D eigenvalue weighted by atomic mass is 32.2. The van der Waals surface area contributed by atoms with Crippen molar-refractivity contribution in [3.05, 3.63) is 29.8 Å². The summed E-state index contributed by atoms with van der Waals surface area (Å²) in [6, 6.07) is 7.58. The molecule has 0 bridgehead atoms. The van der Waals surface area contributed by atoms with Crippen LogP contribution in [0.2, 0.25) is 0 Å². The number of hydrogen-bond donors (Lipinski definition) is 3. The highest BCUT2D eigenvalue weighted by Gasteiger charge is 2.02. The monoisotopic (exact) mass is 224 g/mol. The Kier molecular flexibility index (Phi) is 4.65. The van der Waals surface area contributed by atoms with Gasteiger partial charge in [-0.05, 0) is 18.1 Å². The number of benzene rings is 1. The topological polar surface area (TPSA) is 70.1 Å². The summed E-state index contributed by atoms with van der Waals surface area (Å²) < 4.78 is 0. The van der Waals surface area contributed by atoms with Gasteiger partial charge in [0.25, 0.3) is 0 Å². The zero-order valence-corrected chi connectivity index (χ0v) is 9.55. The van der Waals surface area contributed by atoms with Gasteiger partial charge < -0.3 is 10.8 Å². The Morgan fingerprint density at radius 2 is 2.07 bits per heavy atom. The molecule has 0 heterocycles. The van der Waals surface area contributed by atoms with Crippen LogP contribution in [0.1, 0.15) is 12.5 Å². The number of hydrogen-bond acceptors (Lipinski definition) is 3. The normalized spacial score (nSPS) is 12.4. The second-order valence-electron chi connectivity index (χ2n) is 3.54. The first-order valence-electron chi connectivity index (χ1n) is 4.81.